The summed E-state index contributed by atoms with van der Waals surface area (Å²) in [5.41, 5.74) is 12.4. The SMILES string of the molecule is Cc1ccc(Cc2nc3c(N)cccc3[nH]2)cc1C. The highest BCUT2D eigenvalue weighted by Crippen LogP contribution is 2.20. The second kappa shape index (κ2) is 4.43. The van der Waals surface area contributed by atoms with E-state index in [1.54, 1.807) is 0 Å². The molecule has 1 heterocycles. The Labute approximate surface area is 112 Å². The predicted molar refractivity (Wildman–Crippen MR) is 79.2 cm³/mol. The summed E-state index contributed by atoms with van der Waals surface area (Å²) < 4.78 is 0. The molecule has 0 bridgehead atoms. The van der Waals surface area contributed by atoms with E-state index >= 15 is 0 Å². The topological polar surface area (TPSA) is 54.7 Å². The molecule has 96 valence electrons. The first-order valence-corrected chi connectivity index (χ1v) is 6.43. The molecule has 0 amide bonds. The molecule has 0 atom stereocenters. The van der Waals surface area contributed by atoms with E-state index in [4.69, 9.17) is 5.73 Å². The van der Waals surface area contributed by atoms with Gasteiger partial charge in [0, 0.05) is 6.42 Å². The van der Waals surface area contributed by atoms with Gasteiger partial charge in [-0.05, 0) is 42.7 Å². The Balaban J connectivity index is 1.96. The summed E-state index contributed by atoms with van der Waals surface area (Å²) in [4.78, 5) is 7.91. The molecule has 0 aliphatic carbocycles. The van der Waals surface area contributed by atoms with Gasteiger partial charge in [0.25, 0.3) is 0 Å². The lowest BCUT2D eigenvalue weighted by molar-refractivity contribution is 1.03. The fourth-order valence-corrected chi connectivity index (χ4v) is 2.30. The standard InChI is InChI=1S/C16H17N3/c1-10-6-7-12(8-11(10)2)9-15-18-14-5-3-4-13(17)16(14)19-15/h3-8H,9,17H2,1-2H3,(H,18,19). The van der Waals surface area contributed by atoms with Crippen LogP contribution < -0.4 is 5.73 Å². The van der Waals surface area contributed by atoms with Crippen molar-refractivity contribution < 1.29 is 0 Å². The van der Waals surface area contributed by atoms with Gasteiger partial charge in [0.15, 0.2) is 0 Å². The van der Waals surface area contributed by atoms with Gasteiger partial charge in [-0.3, -0.25) is 0 Å². The van der Waals surface area contributed by atoms with Crippen LogP contribution in [0.25, 0.3) is 11.0 Å². The van der Waals surface area contributed by atoms with Crippen molar-refractivity contribution in [1.29, 1.82) is 0 Å². The van der Waals surface area contributed by atoms with Gasteiger partial charge < -0.3 is 10.7 Å². The van der Waals surface area contributed by atoms with Crippen LogP contribution in [0.2, 0.25) is 0 Å². The Hall–Kier alpha value is -2.29. The molecule has 0 radical (unpaired) electrons. The van der Waals surface area contributed by atoms with E-state index in [0.717, 1.165) is 29.0 Å². The minimum absolute atomic E-state index is 0.722. The van der Waals surface area contributed by atoms with E-state index in [1.165, 1.54) is 16.7 Å². The third kappa shape index (κ3) is 2.19. The van der Waals surface area contributed by atoms with Crippen molar-refractivity contribution in [3.8, 4) is 0 Å². The number of benzene rings is 2. The number of nitrogen functional groups attached to an aromatic ring is 1. The number of anilines is 1. The van der Waals surface area contributed by atoms with Gasteiger partial charge in [0.2, 0.25) is 0 Å². The van der Waals surface area contributed by atoms with E-state index in [1.807, 2.05) is 18.2 Å². The summed E-state index contributed by atoms with van der Waals surface area (Å²) in [6.07, 6.45) is 0.801. The molecule has 3 rings (SSSR count). The van der Waals surface area contributed by atoms with Crippen LogP contribution in [-0.2, 0) is 6.42 Å². The number of nitrogens with zero attached hydrogens (tertiary/aromatic N) is 1. The molecule has 0 saturated heterocycles. The molecular weight excluding hydrogens is 234 g/mol. The van der Waals surface area contributed by atoms with Crippen molar-refractivity contribution in [3.63, 3.8) is 0 Å². The summed E-state index contributed by atoms with van der Waals surface area (Å²) >= 11 is 0. The number of aromatic nitrogens is 2. The number of nitrogens with one attached hydrogen (secondary N) is 1. The van der Waals surface area contributed by atoms with E-state index < -0.39 is 0 Å². The molecule has 0 unspecified atom stereocenters. The van der Waals surface area contributed by atoms with Gasteiger partial charge in [0.1, 0.15) is 11.3 Å². The lowest BCUT2D eigenvalue weighted by atomic mass is 10.0. The summed E-state index contributed by atoms with van der Waals surface area (Å²) in [5.74, 6) is 0.955. The van der Waals surface area contributed by atoms with Crippen LogP contribution in [0.15, 0.2) is 36.4 Å². The Morgan fingerprint density at radius 2 is 1.95 bits per heavy atom. The lowest BCUT2D eigenvalue weighted by Crippen LogP contribution is -1.92. The lowest BCUT2D eigenvalue weighted by Gasteiger charge is -2.03. The van der Waals surface area contributed by atoms with E-state index in [2.05, 4.69) is 42.0 Å². The number of imidazole rings is 1. The highest BCUT2D eigenvalue weighted by molar-refractivity contribution is 5.86. The Kier molecular flexibility index (Phi) is 2.75. The van der Waals surface area contributed by atoms with Gasteiger partial charge in [0.05, 0.1) is 11.2 Å². The predicted octanol–water partition coefficient (Wildman–Crippen LogP) is 3.35. The normalized spacial score (nSPS) is 11.1. The van der Waals surface area contributed by atoms with Gasteiger partial charge in [-0.2, -0.15) is 0 Å². The first-order chi connectivity index (χ1) is 9.13. The van der Waals surface area contributed by atoms with Crippen LogP contribution in [0.5, 0.6) is 0 Å². The molecule has 3 nitrogen and oxygen atoms in total. The third-order valence-electron chi connectivity index (χ3n) is 3.54. The zero-order valence-corrected chi connectivity index (χ0v) is 11.2. The van der Waals surface area contributed by atoms with Crippen molar-refractivity contribution in [1.82, 2.24) is 9.97 Å². The van der Waals surface area contributed by atoms with E-state index in [0.29, 0.717) is 0 Å². The summed E-state index contributed by atoms with van der Waals surface area (Å²) in [6, 6.07) is 12.3. The molecule has 0 aliphatic heterocycles. The maximum absolute atomic E-state index is 5.92. The number of aromatic amines is 1. The average molecular weight is 251 g/mol. The minimum Gasteiger partial charge on any atom is -0.397 e. The zero-order valence-electron chi connectivity index (χ0n) is 11.2. The monoisotopic (exact) mass is 251 g/mol. The number of nitrogens with two attached hydrogens (primary N) is 1. The third-order valence-corrected chi connectivity index (χ3v) is 3.54. The van der Waals surface area contributed by atoms with Crippen molar-refractivity contribution in [3.05, 3.63) is 58.9 Å². The number of rotatable bonds is 2. The molecule has 2 aromatic carbocycles. The molecule has 3 aromatic rings. The molecule has 0 saturated carbocycles. The molecule has 0 spiro atoms. The molecule has 0 aliphatic rings. The fourth-order valence-electron chi connectivity index (χ4n) is 2.30. The van der Waals surface area contributed by atoms with Crippen LogP contribution >= 0.6 is 0 Å². The highest BCUT2D eigenvalue weighted by Gasteiger charge is 2.06. The Bertz CT molecular complexity index is 741. The molecule has 1 aromatic heterocycles. The molecular formula is C16H17N3. The number of fused-ring (bicyclic) bond motifs is 1. The van der Waals surface area contributed by atoms with Crippen molar-refractivity contribution in [2.75, 3.05) is 5.73 Å². The average Bonchev–Trinajstić information content (AvgIpc) is 2.78. The van der Waals surface area contributed by atoms with Crippen molar-refractivity contribution in [2.45, 2.75) is 20.3 Å². The number of aryl methyl sites for hydroxylation is 2. The first kappa shape index (κ1) is 11.8. The quantitative estimate of drug-likeness (QED) is 0.686. The molecule has 0 fully saturated rings. The second-order valence-corrected chi connectivity index (χ2v) is 5.02. The summed E-state index contributed by atoms with van der Waals surface area (Å²) in [5, 5.41) is 0. The maximum Gasteiger partial charge on any atom is 0.111 e. The molecule has 19 heavy (non-hydrogen) atoms. The number of H-pyrrole nitrogens is 1. The Morgan fingerprint density at radius 1 is 1.11 bits per heavy atom. The van der Waals surface area contributed by atoms with Crippen LogP contribution in [0.1, 0.15) is 22.5 Å². The maximum atomic E-state index is 5.92. The highest BCUT2D eigenvalue weighted by atomic mass is 14.9. The number of hydrogen-bond acceptors (Lipinski definition) is 2. The molecule has 3 heteroatoms. The summed E-state index contributed by atoms with van der Waals surface area (Å²) in [6.45, 7) is 4.26. The first-order valence-electron chi connectivity index (χ1n) is 6.43. The largest absolute Gasteiger partial charge is 0.397 e. The van der Waals surface area contributed by atoms with Crippen molar-refractivity contribution >= 4 is 16.7 Å². The second-order valence-electron chi connectivity index (χ2n) is 5.02. The van der Waals surface area contributed by atoms with E-state index in [-0.39, 0.29) is 0 Å². The van der Waals surface area contributed by atoms with Crippen LogP contribution in [0, 0.1) is 13.8 Å². The number of hydrogen-bond donors (Lipinski definition) is 2. The van der Waals surface area contributed by atoms with Crippen molar-refractivity contribution in [2.24, 2.45) is 0 Å². The summed E-state index contributed by atoms with van der Waals surface area (Å²) in [7, 11) is 0. The Morgan fingerprint density at radius 3 is 2.68 bits per heavy atom. The van der Waals surface area contributed by atoms with E-state index in [9.17, 15) is 0 Å². The zero-order chi connectivity index (χ0) is 13.4. The van der Waals surface area contributed by atoms with Crippen LogP contribution in [0.3, 0.4) is 0 Å². The van der Waals surface area contributed by atoms with Gasteiger partial charge in [-0.1, -0.05) is 24.3 Å². The molecule has 3 N–H and O–H groups in total. The number of para-hydroxylation sites is 1. The van der Waals surface area contributed by atoms with Gasteiger partial charge >= 0.3 is 0 Å². The smallest absolute Gasteiger partial charge is 0.111 e. The van der Waals surface area contributed by atoms with Crippen LogP contribution in [-0.4, -0.2) is 9.97 Å². The van der Waals surface area contributed by atoms with Gasteiger partial charge in [-0.15, -0.1) is 0 Å². The van der Waals surface area contributed by atoms with Gasteiger partial charge in [-0.25, -0.2) is 4.98 Å². The minimum atomic E-state index is 0.722. The van der Waals surface area contributed by atoms with Crippen LogP contribution in [0.4, 0.5) is 5.69 Å². The fraction of sp³-hybridized carbons (Fsp3) is 0.188.